The van der Waals surface area contributed by atoms with Gasteiger partial charge in [0.05, 0.1) is 13.2 Å². The minimum absolute atomic E-state index is 0.191. The summed E-state index contributed by atoms with van der Waals surface area (Å²) in [7, 11) is 1.28. The lowest BCUT2D eigenvalue weighted by molar-refractivity contribution is -0.139. The van der Waals surface area contributed by atoms with Crippen molar-refractivity contribution >= 4 is 11.9 Å². The van der Waals surface area contributed by atoms with Gasteiger partial charge in [0, 0.05) is 24.2 Å². The van der Waals surface area contributed by atoms with Crippen molar-refractivity contribution in [2.24, 2.45) is 16.9 Å². The van der Waals surface area contributed by atoms with Crippen LogP contribution >= 0.6 is 0 Å². The van der Waals surface area contributed by atoms with Gasteiger partial charge >= 0.3 is 5.97 Å². The van der Waals surface area contributed by atoms with E-state index in [9.17, 15) is 14.7 Å². The zero-order chi connectivity index (χ0) is 28.5. The van der Waals surface area contributed by atoms with Crippen LogP contribution < -0.4 is 21.5 Å². The Morgan fingerprint density at radius 1 is 1.05 bits per heavy atom. The Kier molecular flexibility index (Phi) is 11.8. The zero-order valence-corrected chi connectivity index (χ0v) is 23.7. The van der Waals surface area contributed by atoms with E-state index in [2.05, 4.69) is 29.1 Å². The molecule has 2 rings (SSSR count). The molecule has 8 nitrogen and oxygen atoms in total. The summed E-state index contributed by atoms with van der Waals surface area (Å²) < 4.78 is 10.7. The summed E-state index contributed by atoms with van der Waals surface area (Å²) in [5, 5.41) is 13.1. The fraction of sp³-hybridized carbons (Fsp3) is 0.533. The van der Waals surface area contributed by atoms with E-state index in [-0.39, 0.29) is 36.4 Å². The monoisotopic (exact) mass is 527 g/mol. The Morgan fingerprint density at radius 2 is 1.74 bits per heavy atom. The molecule has 0 saturated heterocycles. The molecule has 0 aromatic heterocycles. The number of esters is 1. The van der Waals surface area contributed by atoms with Gasteiger partial charge in [-0.15, -0.1) is 0 Å². The number of aryl methyl sites for hydroxylation is 1. The Morgan fingerprint density at radius 3 is 2.32 bits per heavy atom. The molecule has 0 aliphatic carbocycles. The maximum Gasteiger partial charge on any atom is 0.325 e. The Bertz CT molecular complexity index is 1080. The van der Waals surface area contributed by atoms with E-state index in [1.165, 1.54) is 7.11 Å². The van der Waals surface area contributed by atoms with Gasteiger partial charge < -0.3 is 31.4 Å². The number of aliphatic hydroxyl groups is 1. The van der Waals surface area contributed by atoms with E-state index >= 15 is 0 Å². The van der Waals surface area contributed by atoms with Crippen molar-refractivity contribution in [3.63, 3.8) is 0 Å². The number of amides is 1. The summed E-state index contributed by atoms with van der Waals surface area (Å²) in [5.41, 5.74) is 16.1. The van der Waals surface area contributed by atoms with Crippen LogP contribution in [0, 0.1) is 5.41 Å². The second-order valence-electron chi connectivity index (χ2n) is 10.8. The molecule has 2 aromatic carbocycles. The van der Waals surface area contributed by atoms with Gasteiger partial charge in [0.15, 0.2) is 0 Å². The van der Waals surface area contributed by atoms with Crippen LogP contribution in [-0.2, 0) is 29.0 Å². The minimum atomic E-state index is -0.609. The standard InChI is InChI=1S/C30H45N3O5/c1-7-21(22-11-12-25(23(15-22)16-31)29(36)33-18-27(34)37-6)10-8-20-9-13-26(24(14-20)17-32)38-19(2)28(35)30(3,4)5/h9,11-15,19,21,28,35H,7-8,10,16-18,31-32H2,1-6H3,(H,33,36). The Hall–Kier alpha value is -2.94. The summed E-state index contributed by atoms with van der Waals surface area (Å²) >= 11 is 0. The van der Waals surface area contributed by atoms with E-state index in [0.717, 1.165) is 41.5 Å². The number of hydrogen-bond acceptors (Lipinski definition) is 7. The quantitative estimate of drug-likeness (QED) is 0.291. The highest BCUT2D eigenvalue weighted by Crippen LogP contribution is 2.30. The lowest BCUT2D eigenvalue weighted by Gasteiger charge is -2.31. The number of ether oxygens (including phenoxy) is 2. The summed E-state index contributed by atoms with van der Waals surface area (Å²) in [5.74, 6) is 0.126. The lowest BCUT2D eigenvalue weighted by Crippen LogP contribution is -2.39. The number of nitrogens with one attached hydrogen (secondary N) is 1. The van der Waals surface area contributed by atoms with Crippen LogP contribution in [0.3, 0.4) is 0 Å². The van der Waals surface area contributed by atoms with Gasteiger partial charge in [-0.25, -0.2) is 0 Å². The topological polar surface area (TPSA) is 137 Å². The second kappa shape index (κ2) is 14.3. The lowest BCUT2D eigenvalue weighted by atomic mass is 9.86. The molecule has 2 aromatic rings. The molecule has 0 spiro atoms. The number of nitrogens with two attached hydrogens (primary N) is 2. The zero-order valence-electron chi connectivity index (χ0n) is 23.7. The third-order valence-electron chi connectivity index (χ3n) is 6.95. The van der Waals surface area contributed by atoms with Gasteiger partial charge in [-0.2, -0.15) is 0 Å². The first-order valence-corrected chi connectivity index (χ1v) is 13.3. The highest BCUT2D eigenvalue weighted by molar-refractivity contribution is 5.97. The van der Waals surface area contributed by atoms with Gasteiger partial charge in [0.25, 0.3) is 5.91 Å². The molecular weight excluding hydrogens is 482 g/mol. The van der Waals surface area contributed by atoms with Crippen LogP contribution in [-0.4, -0.2) is 42.8 Å². The second-order valence-corrected chi connectivity index (χ2v) is 10.8. The van der Waals surface area contributed by atoms with Crippen molar-refractivity contribution in [3.8, 4) is 5.75 Å². The average Bonchev–Trinajstić information content (AvgIpc) is 2.91. The average molecular weight is 528 g/mol. The molecule has 0 radical (unpaired) electrons. The van der Waals surface area contributed by atoms with Crippen molar-refractivity contribution in [2.45, 2.75) is 85.1 Å². The fourth-order valence-corrected chi connectivity index (χ4v) is 4.56. The van der Waals surface area contributed by atoms with E-state index in [4.69, 9.17) is 16.2 Å². The summed E-state index contributed by atoms with van der Waals surface area (Å²) in [4.78, 5) is 23.9. The predicted molar refractivity (Wildman–Crippen MR) is 150 cm³/mol. The molecule has 0 aliphatic rings. The maximum absolute atomic E-state index is 12.5. The van der Waals surface area contributed by atoms with Crippen molar-refractivity contribution < 1.29 is 24.2 Å². The SMILES string of the molecule is CCC(CCc1ccc(OC(C)C(O)C(C)(C)C)c(CN)c1)c1ccc(C(=O)NCC(=O)OC)c(CN)c1. The molecule has 1 amide bonds. The maximum atomic E-state index is 12.5. The molecule has 210 valence electrons. The van der Waals surface area contributed by atoms with Crippen LogP contribution in [0.5, 0.6) is 5.75 Å². The van der Waals surface area contributed by atoms with Crippen LogP contribution in [0.1, 0.15) is 86.0 Å². The van der Waals surface area contributed by atoms with Gasteiger partial charge in [0.2, 0.25) is 0 Å². The largest absolute Gasteiger partial charge is 0.488 e. The molecule has 3 atom stereocenters. The first-order valence-electron chi connectivity index (χ1n) is 13.3. The van der Waals surface area contributed by atoms with E-state index in [1.807, 2.05) is 45.9 Å². The highest BCUT2D eigenvalue weighted by Gasteiger charge is 2.29. The first-order chi connectivity index (χ1) is 17.9. The van der Waals surface area contributed by atoms with Crippen molar-refractivity contribution in [2.75, 3.05) is 13.7 Å². The van der Waals surface area contributed by atoms with E-state index in [1.54, 1.807) is 6.07 Å². The third-order valence-corrected chi connectivity index (χ3v) is 6.95. The smallest absolute Gasteiger partial charge is 0.325 e. The summed E-state index contributed by atoms with van der Waals surface area (Å²) in [6.45, 7) is 10.3. The first kappa shape index (κ1) is 31.3. The normalized spacial score (nSPS) is 13.9. The number of benzene rings is 2. The van der Waals surface area contributed by atoms with E-state index < -0.39 is 12.1 Å². The van der Waals surface area contributed by atoms with Crippen molar-refractivity contribution in [3.05, 3.63) is 64.2 Å². The highest BCUT2D eigenvalue weighted by atomic mass is 16.5. The molecule has 0 aliphatic heterocycles. The molecule has 3 unspecified atom stereocenters. The van der Waals surface area contributed by atoms with Gasteiger partial charge in [-0.05, 0) is 66.3 Å². The number of aliphatic hydroxyl groups excluding tert-OH is 1. The molecule has 38 heavy (non-hydrogen) atoms. The number of hydrogen-bond donors (Lipinski definition) is 4. The molecule has 0 bridgehead atoms. The predicted octanol–water partition coefficient (Wildman–Crippen LogP) is 3.81. The molecule has 0 saturated carbocycles. The van der Waals surface area contributed by atoms with E-state index in [0.29, 0.717) is 17.9 Å². The van der Waals surface area contributed by atoms with Crippen LogP contribution in [0.25, 0.3) is 0 Å². The van der Waals surface area contributed by atoms with Gasteiger partial charge in [-0.1, -0.05) is 52.0 Å². The van der Waals surface area contributed by atoms with Crippen LogP contribution in [0.2, 0.25) is 0 Å². The van der Waals surface area contributed by atoms with Crippen molar-refractivity contribution in [1.29, 1.82) is 0 Å². The molecule has 8 heteroatoms. The summed E-state index contributed by atoms with van der Waals surface area (Å²) in [6, 6.07) is 11.8. The molecular formula is C30H45N3O5. The number of carbonyl (C=O) groups is 2. The number of rotatable bonds is 13. The Balaban J connectivity index is 2.12. The minimum Gasteiger partial charge on any atom is -0.488 e. The number of methoxy groups -OCH3 is 1. The Labute approximate surface area is 227 Å². The van der Waals surface area contributed by atoms with Crippen LogP contribution in [0.4, 0.5) is 0 Å². The van der Waals surface area contributed by atoms with Gasteiger partial charge in [0.1, 0.15) is 18.4 Å². The summed E-state index contributed by atoms with van der Waals surface area (Å²) in [6.07, 6.45) is 1.73. The van der Waals surface area contributed by atoms with Gasteiger partial charge in [-0.3, -0.25) is 9.59 Å². The molecule has 6 N–H and O–H groups in total. The van der Waals surface area contributed by atoms with Crippen molar-refractivity contribution in [1.82, 2.24) is 5.32 Å². The molecule has 0 heterocycles. The van der Waals surface area contributed by atoms with Crippen LogP contribution in [0.15, 0.2) is 36.4 Å². The third kappa shape index (κ3) is 8.55. The molecule has 0 fully saturated rings. The number of carbonyl (C=O) groups excluding carboxylic acids is 2. The fourth-order valence-electron chi connectivity index (χ4n) is 4.56.